The van der Waals surface area contributed by atoms with Gasteiger partial charge in [-0.2, -0.15) is 4.21 Å². The van der Waals surface area contributed by atoms with E-state index in [1.54, 1.807) is 0 Å². The highest BCUT2D eigenvalue weighted by molar-refractivity contribution is 7.74. The highest BCUT2D eigenvalue weighted by Gasteiger charge is 2.27. The first-order valence-corrected chi connectivity index (χ1v) is 6.46. The van der Waals surface area contributed by atoms with Crippen molar-refractivity contribution in [2.24, 2.45) is 0 Å². The lowest BCUT2D eigenvalue weighted by molar-refractivity contribution is -0.00238. The summed E-state index contributed by atoms with van der Waals surface area (Å²) in [6.07, 6.45) is -0.443. The standard InChI is InChI=1S/C11H13FO5S/c12-8-2-4-10-7(5-8)1-3-11(17-10)9(13)6-16-18(14)15/h2,4-5,9,11,13H,1,3,6H2,(H,14,15)/t9-,11-/m1/s1. The number of aliphatic hydroxyl groups is 1. The van der Waals surface area contributed by atoms with Crippen LogP contribution in [0.5, 0.6) is 5.75 Å². The summed E-state index contributed by atoms with van der Waals surface area (Å²) in [5.41, 5.74) is 0.755. The molecule has 100 valence electrons. The van der Waals surface area contributed by atoms with Gasteiger partial charge in [-0.3, -0.25) is 8.74 Å². The number of ether oxygens (including phenoxy) is 1. The van der Waals surface area contributed by atoms with E-state index in [4.69, 9.17) is 9.29 Å². The highest BCUT2D eigenvalue weighted by atomic mass is 32.2. The molecule has 0 radical (unpaired) electrons. The van der Waals surface area contributed by atoms with E-state index in [0.29, 0.717) is 18.6 Å². The van der Waals surface area contributed by atoms with Crippen molar-refractivity contribution in [3.63, 3.8) is 0 Å². The van der Waals surface area contributed by atoms with Gasteiger partial charge >= 0.3 is 11.4 Å². The van der Waals surface area contributed by atoms with Crippen molar-refractivity contribution in [1.82, 2.24) is 0 Å². The number of aryl methyl sites for hydroxylation is 1. The van der Waals surface area contributed by atoms with Gasteiger partial charge in [0.1, 0.15) is 23.8 Å². The molecule has 0 saturated carbocycles. The zero-order valence-electron chi connectivity index (χ0n) is 9.41. The van der Waals surface area contributed by atoms with E-state index in [2.05, 4.69) is 4.18 Å². The van der Waals surface area contributed by atoms with Crippen LogP contribution in [-0.4, -0.2) is 32.7 Å². The number of halogens is 1. The third-order valence-corrected chi connectivity index (χ3v) is 3.11. The first kappa shape index (κ1) is 13.4. The Morgan fingerprint density at radius 1 is 1.61 bits per heavy atom. The Bertz CT molecular complexity index is 453. The molecule has 0 saturated heterocycles. The van der Waals surface area contributed by atoms with Crippen LogP contribution in [0.25, 0.3) is 0 Å². The van der Waals surface area contributed by atoms with E-state index in [1.165, 1.54) is 18.2 Å². The van der Waals surface area contributed by atoms with Crippen LogP contribution in [0.15, 0.2) is 18.2 Å². The summed E-state index contributed by atoms with van der Waals surface area (Å²) in [6, 6.07) is 4.19. The minimum Gasteiger partial charge on any atom is -0.487 e. The fourth-order valence-electron chi connectivity index (χ4n) is 1.88. The summed E-state index contributed by atoms with van der Waals surface area (Å²) in [4.78, 5) is 0. The van der Waals surface area contributed by atoms with Gasteiger partial charge in [0.2, 0.25) is 0 Å². The quantitative estimate of drug-likeness (QED) is 0.803. The van der Waals surface area contributed by atoms with Crippen molar-refractivity contribution >= 4 is 11.4 Å². The van der Waals surface area contributed by atoms with Crippen LogP contribution in [0.1, 0.15) is 12.0 Å². The largest absolute Gasteiger partial charge is 0.487 e. The van der Waals surface area contributed by atoms with Crippen LogP contribution in [-0.2, 0) is 22.0 Å². The van der Waals surface area contributed by atoms with E-state index < -0.39 is 23.6 Å². The van der Waals surface area contributed by atoms with Crippen molar-refractivity contribution in [3.8, 4) is 5.75 Å². The van der Waals surface area contributed by atoms with E-state index in [-0.39, 0.29) is 12.4 Å². The van der Waals surface area contributed by atoms with Crippen LogP contribution < -0.4 is 4.74 Å². The molecule has 2 N–H and O–H groups in total. The Hall–Kier alpha value is -1.02. The third kappa shape index (κ3) is 3.26. The topological polar surface area (TPSA) is 76.0 Å². The molecule has 1 unspecified atom stereocenters. The van der Waals surface area contributed by atoms with Crippen LogP contribution >= 0.6 is 0 Å². The molecule has 0 aliphatic carbocycles. The maximum Gasteiger partial charge on any atom is 0.301 e. The van der Waals surface area contributed by atoms with Gasteiger partial charge in [0.15, 0.2) is 0 Å². The minimum atomic E-state index is -2.40. The lowest BCUT2D eigenvalue weighted by atomic mass is 9.99. The van der Waals surface area contributed by atoms with Crippen LogP contribution in [0, 0.1) is 5.82 Å². The molecule has 18 heavy (non-hydrogen) atoms. The van der Waals surface area contributed by atoms with E-state index in [9.17, 15) is 13.7 Å². The summed E-state index contributed by atoms with van der Waals surface area (Å²) in [6.45, 7) is -0.287. The van der Waals surface area contributed by atoms with E-state index in [1.807, 2.05) is 0 Å². The van der Waals surface area contributed by atoms with Gasteiger partial charge in [0.25, 0.3) is 0 Å². The van der Waals surface area contributed by atoms with Crippen molar-refractivity contribution in [2.75, 3.05) is 6.61 Å². The SMILES string of the molecule is O=S(O)OC[C@@H](O)[C@H]1CCc2cc(F)ccc2O1. The van der Waals surface area contributed by atoms with Crippen molar-refractivity contribution < 1.29 is 27.2 Å². The Balaban J connectivity index is 1.98. The number of rotatable bonds is 4. The lowest BCUT2D eigenvalue weighted by Crippen LogP contribution is -2.38. The zero-order chi connectivity index (χ0) is 13.1. The average molecular weight is 276 g/mol. The Morgan fingerprint density at radius 2 is 2.39 bits per heavy atom. The molecule has 0 bridgehead atoms. The fourth-order valence-corrected chi connectivity index (χ4v) is 2.14. The monoisotopic (exact) mass is 276 g/mol. The first-order chi connectivity index (χ1) is 8.56. The molecular formula is C11H13FO5S. The lowest BCUT2D eigenvalue weighted by Gasteiger charge is -2.29. The minimum absolute atomic E-state index is 0.287. The summed E-state index contributed by atoms with van der Waals surface area (Å²) in [7, 11) is 0. The van der Waals surface area contributed by atoms with Gasteiger partial charge in [-0.15, -0.1) is 0 Å². The summed E-state index contributed by atoms with van der Waals surface area (Å²) >= 11 is -2.40. The fraction of sp³-hybridized carbons (Fsp3) is 0.455. The van der Waals surface area contributed by atoms with Crippen LogP contribution in [0.3, 0.4) is 0 Å². The van der Waals surface area contributed by atoms with Crippen molar-refractivity contribution in [3.05, 3.63) is 29.6 Å². The third-order valence-electron chi connectivity index (χ3n) is 2.77. The predicted molar refractivity (Wildman–Crippen MR) is 61.9 cm³/mol. The average Bonchev–Trinajstić information content (AvgIpc) is 2.35. The molecule has 1 heterocycles. The predicted octanol–water partition coefficient (Wildman–Crippen LogP) is 1.03. The molecule has 3 atom stereocenters. The van der Waals surface area contributed by atoms with E-state index in [0.717, 1.165) is 5.56 Å². The number of hydrogen-bond donors (Lipinski definition) is 2. The molecule has 1 aromatic rings. The second-order valence-electron chi connectivity index (χ2n) is 4.02. The van der Waals surface area contributed by atoms with Crippen LogP contribution in [0.4, 0.5) is 4.39 Å². The van der Waals surface area contributed by atoms with Crippen molar-refractivity contribution in [2.45, 2.75) is 25.0 Å². The number of aliphatic hydroxyl groups excluding tert-OH is 1. The molecule has 1 aromatic carbocycles. The number of hydrogen-bond acceptors (Lipinski definition) is 4. The van der Waals surface area contributed by atoms with Crippen LogP contribution in [0.2, 0.25) is 0 Å². The highest BCUT2D eigenvalue weighted by Crippen LogP contribution is 2.29. The number of benzene rings is 1. The Kier molecular flexibility index (Phi) is 4.28. The second kappa shape index (κ2) is 5.75. The smallest absolute Gasteiger partial charge is 0.301 e. The van der Waals surface area contributed by atoms with Gasteiger partial charge in [0, 0.05) is 0 Å². The molecule has 0 spiro atoms. The maximum atomic E-state index is 13.0. The molecule has 0 amide bonds. The molecule has 1 aliphatic rings. The van der Waals surface area contributed by atoms with Gasteiger partial charge < -0.3 is 9.84 Å². The van der Waals surface area contributed by atoms with Gasteiger partial charge in [-0.25, -0.2) is 4.39 Å². The maximum absolute atomic E-state index is 13.0. The summed E-state index contributed by atoms with van der Waals surface area (Å²) < 4.78 is 41.6. The summed E-state index contributed by atoms with van der Waals surface area (Å²) in [5, 5.41) is 9.73. The first-order valence-electron chi connectivity index (χ1n) is 5.43. The molecular weight excluding hydrogens is 263 g/mol. The zero-order valence-corrected chi connectivity index (χ0v) is 10.2. The second-order valence-corrected chi connectivity index (χ2v) is 4.69. The van der Waals surface area contributed by atoms with Crippen molar-refractivity contribution in [1.29, 1.82) is 0 Å². The molecule has 0 aromatic heterocycles. The normalized spacial score (nSPS) is 21.8. The van der Waals surface area contributed by atoms with Gasteiger partial charge in [-0.05, 0) is 36.6 Å². The molecule has 1 aliphatic heterocycles. The molecule has 0 fully saturated rings. The van der Waals surface area contributed by atoms with Gasteiger partial charge in [0.05, 0.1) is 6.61 Å². The summed E-state index contributed by atoms with van der Waals surface area (Å²) in [5.74, 6) is 0.201. The Labute approximate surface area is 106 Å². The number of fused-ring (bicyclic) bond motifs is 1. The van der Waals surface area contributed by atoms with Gasteiger partial charge in [-0.1, -0.05) is 0 Å². The molecule has 2 rings (SSSR count). The molecule has 5 nitrogen and oxygen atoms in total. The van der Waals surface area contributed by atoms with E-state index >= 15 is 0 Å². The molecule has 7 heteroatoms. The Morgan fingerprint density at radius 3 is 3.11 bits per heavy atom.